The van der Waals surface area contributed by atoms with Crippen LogP contribution in [0.25, 0.3) is 0 Å². The zero-order valence-electron chi connectivity index (χ0n) is 12.1. The van der Waals surface area contributed by atoms with Crippen molar-refractivity contribution in [3.8, 4) is 11.8 Å². The Labute approximate surface area is 126 Å². The Hall–Kier alpha value is -1.71. The average Bonchev–Trinajstić information content (AvgIpc) is 2.42. The largest absolute Gasteiger partial charge is 0.350 e. The average molecular weight is 310 g/mol. The van der Waals surface area contributed by atoms with Crippen LogP contribution in [0.15, 0.2) is 18.2 Å². The third-order valence-corrected chi connectivity index (χ3v) is 3.58. The number of nitrogens with two attached hydrogens (primary N) is 1. The van der Waals surface area contributed by atoms with E-state index in [1.165, 1.54) is 18.2 Å². The topological polar surface area (TPSA) is 72.2 Å². The highest BCUT2D eigenvalue weighted by atomic mass is 32.2. The van der Waals surface area contributed by atoms with Crippen LogP contribution >= 0.6 is 0 Å². The minimum Gasteiger partial charge on any atom is -0.350 e. The Balaban J connectivity index is 2.84. The molecule has 6 heteroatoms. The minimum atomic E-state index is -0.894. The van der Waals surface area contributed by atoms with Crippen LogP contribution in [-0.2, 0) is 10.8 Å². The number of nitrogens with one attached hydrogen (secondary N) is 1. The summed E-state index contributed by atoms with van der Waals surface area (Å²) in [5.41, 5.74) is 5.91. The van der Waals surface area contributed by atoms with E-state index in [-0.39, 0.29) is 18.5 Å². The number of rotatable bonds is 5. The first-order chi connectivity index (χ1) is 9.93. The van der Waals surface area contributed by atoms with E-state index in [0.717, 1.165) is 0 Å². The molecule has 114 valence electrons. The van der Waals surface area contributed by atoms with E-state index in [1.807, 2.05) is 6.92 Å². The second kappa shape index (κ2) is 8.55. The van der Waals surface area contributed by atoms with Gasteiger partial charge in [-0.05, 0) is 31.5 Å². The predicted molar refractivity (Wildman–Crippen MR) is 82.8 cm³/mol. The number of amides is 1. The summed E-state index contributed by atoms with van der Waals surface area (Å²) in [6, 6.07) is 3.70. The van der Waals surface area contributed by atoms with Crippen LogP contribution in [0, 0.1) is 17.7 Å². The van der Waals surface area contributed by atoms with Gasteiger partial charge in [0.1, 0.15) is 5.82 Å². The molecule has 0 saturated carbocycles. The molecule has 1 rings (SSSR count). The van der Waals surface area contributed by atoms with Crippen molar-refractivity contribution in [3.05, 3.63) is 35.1 Å². The molecule has 3 N–H and O–H groups in total. The maximum absolute atomic E-state index is 13.2. The van der Waals surface area contributed by atoms with Crippen LogP contribution in [0.5, 0.6) is 0 Å². The second-order valence-electron chi connectivity index (χ2n) is 4.64. The van der Waals surface area contributed by atoms with Crippen LogP contribution in [0.1, 0.15) is 29.3 Å². The Kier molecular flexibility index (Phi) is 7.06. The molecule has 21 heavy (non-hydrogen) atoms. The predicted octanol–water partition coefficient (Wildman–Crippen LogP) is 1.02. The van der Waals surface area contributed by atoms with Gasteiger partial charge in [-0.1, -0.05) is 11.8 Å². The molecule has 0 aliphatic rings. The van der Waals surface area contributed by atoms with Crippen LogP contribution in [-0.4, -0.2) is 34.7 Å². The third kappa shape index (κ3) is 6.06. The second-order valence-corrected chi connectivity index (χ2v) is 6.19. The van der Waals surface area contributed by atoms with Gasteiger partial charge in [-0.2, -0.15) is 0 Å². The zero-order chi connectivity index (χ0) is 15.8. The number of hydrogen-bond acceptors (Lipinski definition) is 3. The summed E-state index contributed by atoms with van der Waals surface area (Å²) < 4.78 is 24.3. The zero-order valence-corrected chi connectivity index (χ0v) is 12.9. The number of carbonyl (C=O) groups is 1. The van der Waals surface area contributed by atoms with Crippen molar-refractivity contribution in [2.24, 2.45) is 5.73 Å². The minimum absolute atomic E-state index is 0.123. The van der Waals surface area contributed by atoms with Gasteiger partial charge in [-0.3, -0.25) is 9.00 Å². The molecule has 0 heterocycles. The normalized spacial score (nSPS) is 13.0. The molecular formula is C15H19FN2O2S. The van der Waals surface area contributed by atoms with Crippen LogP contribution in [0.2, 0.25) is 0 Å². The monoisotopic (exact) mass is 310 g/mol. The summed E-state index contributed by atoms with van der Waals surface area (Å²) in [5.74, 6) is 5.04. The first-order valence-electron chi connectivity index (χ1n) is 6.53. The van der Waals surface area contributed by atoms with E-state index in [9.17, 15) is 13.4 Å². The maximum atomic E-state index is 13.2. The van der Waals surface area contributed by atoms with Gasteiger partial charge in [0.15, 0.2) is 0 Å². The highest BCUT2D eigenvalue weighted by Crippen LogP contribution is 2.11. The molecule has 4 nitrogen and oxygen atoms in total. The summed E-state index contributed by atoms with van der Waals surface area (Å²) >= 11 is 0. The van der Waals surface area contributed by atoms with Crippen molar-refractivity contribution in [2.75, 3.05) is 18.6 Å². The molecule has 1 aromatic rings. The Morgan fingerprint density at radius 1 is 1.52 bits per heavy atom. The Bertz CT molecular complexity index is 593. The van der Waals surface area contributed by atoms with Gasteiger partial charge in [0.05, 0.1) is 12.1 Å². The van der Waals surface area contributed by atoms with Crippen LogP contribution < -0.4 is 11.1 Å². The van der Waals surface area contributed by atoms with Crippen molar-refractivity contribution in [2.45, 2.75) is 19.4 Å². The van der Waals surface area contributed by atoms with E-state index in [1.54, 1.807) is 6.26 Å². The number of hydrogen-bond donors (Lipinski definition) is 2. The molecule has 0 fully saturated rings. The summed E-state index contributed by atoms with van der Waals surface area (Å²) in [6.45, 7) is 1.97. The standard InChI is InChI=1S/C15H19FN2O2S/c1-11(7-9-21(2)20)18-15(19)14-6-5-13(16)10-12(14)4-3-8-17/h5-6,10-11H,7-9,17H2,1-2H3,(H,18,19). The van der Waals surface area contributed by atoms with E-state index in [2.05, 4.69) is 17.2 Å². The third-order valence-electron chi connectivity index (χ3n) is 2.77. The van der Waals surface area contributed by atoms with Crippen molar-refractivity contribution < 1.29 is 13.4 Å². The lowest BCUT2D eigenvalue weighted by atomic mass is 10.1. The van der Waals surface area contributed by atoms with E-state index >= 15 is 0 Å². The van der Waals surface area contributed by atoms with E-state index < -0.39 is 16.6 Å². The lowest BCUT2D eigenvalue weighted by Gasteiger charge is -2.14. The van der Waals surface area contributed by atoms with Crippen molar-refractivity contribution in [1.29, 1.82) is 0 Å². The van der Waals surface area contributed by atoms with E-state index in [4.69, 9.17) is 5.73 Å². The van der Waals surface area contributed by atoms with Crippen LogP contribution in [0.4, 0.5) is 4.39 Å². The molecule has 0 saturated heterocycles. The molecule has 0 aliphatic heterocycles. The van der Waals surface area contributed by atoms with Gasteiger partial charge in [-0.15, -0.1) is 0 Å². The number of halogens is 1. The smallest absolute Gasteiger partial charge is 0.252 e. The highest BCUT2D eigenvalue weighted by Gasteiger charge is 2.14. The van der Waals surface area contributed by atoms with Gasteiger partial charge in [-0.25, -0.2) is 4.39 Å². The van der Waals surface area contributed by atoms with Gasteiger partial charge in [0, 0.05) is 34.4 Å². The van der Waals surface area contributed by atoms with Crippen molar-refractivity contribution >= 4 is 16.7 Å². The molecule has 0 radical (unpaired) electrons. The van der Waals surface area contributed by atoms with Crippen molar-refractivity contribution in [3.63, 3.8) is 0 Å². The highest BCUT2D eigenvalue weighted by molar-refractivity contribution is 7.84. The number of carbonyl (C=O) groups excluding carboxylic acids is 1. The summed E-state index contributed by atoms with van der Waals surface area (Å²) in [5, 5.41) is 2.79. The first kappa shape index (κ1) is 17.3. The van der Waals surface area contributed by atoms with E-state index in [0.29, 0.717) is 23.3 Å². The molecule has 0 spiro atoms. The van der Waals surface area contributed by atoms with Crippen LogP contribution in [0.3, 0.4) is 0 Å². The molecule has 0 aromatic heterocycles. The fraction of sp³-hybridized carbons (Fsp3) is 0.400. The van der Waals surface area contributed by atoms with Gasteiger partial charge >= 0.3 is 0 Å². The maximum Gasteiger partial charge on any atom is 0.252 e. The molecule has 0 aliphatic carbocycles. The lowest BCUT2D eigenvalue weighted by Crippen LogP contribution is -2.34. The van der Waals surface area contributed by atoms with Gasteiger partial charge < -0.3 is 11.1 Å². The lowest BCUT2D eigenvalue weighted by molar-refractivity contribution is 0.0939. The molecule has 0 bridgehead atoms. The molecular weight excluding hydrogens is 291 g/mol. The summed E-state index contributed by atoms with van der Waals surface area (Å²) in [6.07, 6.45) is 2.23. The van der Waals surface area contributed by atoms with Crippen molar-refractivity contribution in [1.82, 2.24) is 5.32 Å². The Morgan fingerprint density at radius 3 is 2.86 bits per heavy atom. The molecule has 1 amide bonds. The SMILES string of the molecule is CC(CCS(C)=O)NC(=O)c1ccc(F)cc1C#CCN. The quantitative estimate of drug-likeness (QED) is 0.798. The molecule has 2 unspecified atom stereocenters. The molecule has 1 aromatic carbocycles. The fourth-order valence-electron chi connectivity index (χ4n) is 1.68. The fourth-order valence-corrected chi connectivity index (χ4v) is 2.37. The summed E-state index contributed by atoms with van der Waals surface area (Å²) in [4.78, 5) is 12.2. The Morgan fingerprint density at radius 2 is 2.24 bits per heavy atom. The summed E-state index contributed by atoms with van der Waals surface area (Å²) in [7, 11) is -0.894. The number of benzene rings is 1. The first-order valence-corrected chi connectivity index (χ1v) is 8.26. The van der Waals surface area contributed by atoms with Gasteiger partial charge in [0.25, 0.3) is 5.91 Å². The molecule has 2 atom stereocenters. The van der Waals surface area contributed by atoms with Gasteiger partial charge in [0.2, 0.25) is 0 Å².